The summed E-state index contributed by atoms with van der Waals surface area (Å²) >= 11 is 9.36. The maximum atomic E-state index is 5.94. The first kappa shape index (κ1) is 14.4. The van der Waals surface area contributed by atoms with Crippen LogP contribution in [-0.4, -0.2) is 9.55 Å². The van der Waals surface area contributed by atoms with Gasteiger partial charge in [-0.15, -0.1) is 0 Å². The largest absolute Gasteiger partial charge is 0.485 e. The number of hydrogen-bond donors (Lipinski definition) is 1. The van der Waals surface area contributed by atoms with Gasteiger partial charge in [-0.1, -0.05) is 27.5 Å². The highest BCUT2D eigenvalue weighted by atomic mass is 79.9. The van der Waals surface area contributed by atoms with E-state index in [1.807, 2.05) is 32.2 Å². The molecule has 0 bridgehead atoms. The molecular weight excluding hydrogens is 330 g/mol. The van der Waals surface area contributed by atoms with Gasteiger partial charge in [-0.05, 0) is 25.1 Å². The van der Waals surface area contributed by atoms with Crippen LogP contribution in [-0.2, 0) is 13.7 Å². The zero-order valence-corrected chi connectivity index (χ0v) is 13.1. The van der Waals surface area contributed by atoms with Gasteiger partial charge in [0.25, 0.3) is 0 Å². The van der Waals surface area contributed by atoms with Gasteiger partial charge in [0, 0.05) is 23.1 Å². The number of ether oxygens (including phenoxy) is 1. The highest BCUT2D eigenvalue weighted by Gasteiger charge is 2.11. The number of aromatic nitrogens is 2. The molecule has 1 heterocycles. The molecule has 0 aliphatic heterocycles. The van der Waals surface area contributed by atoms with Gasteiger partial charge in [0.15, 0.2) is 0 Å². The van der Waals surface area contributed by atoms with E-state index in [1.54, 1.807) is 10.8 Å². The van der Waals surface area contributed by atoms with Crippen LogP contribution in [0.25, 0.3) is 0 Å². The Labute approximate surface area is 125 Å². The number of nitrogens with two attached hydrogens (primary N) is 1. The lowest BCUT2D eigenvalue weighted by molar-refractivity contribution is 0.287. The predicted octanol–water partition coefficient (Wildman–Crippen LogP) is 3.43. The molecule has 1 aromatic heterocycles. The van der Waals surface area contributed by atoms with Gasteiger partial charge in [0.2, 0.25) is 0 Å². The summed E-state index contributed by atoms with van der Waals surface area (Å²) in [5.74, 6) is 1.53. The van der Waals surface area contributed by atoms with Crippen molar-refractivity contribution in [2.24, 2.45) is 12.8 Å². The van der Waals surface area contributed by atoms with Crippen LogP contribution >= 0.6 is 27.5 Å². The van der Waals surface area contributed by atoms with Crippen molar-refractivity contribution in [3.8, 4) is 5.75 Å². The number of rotatable bonds is 4. The molecule has 0 spiro atoms. The molecule has 1 atom stereocenters. The van der Waals surface area contributed by atoms with Gasteiger partial charge < -0.3 is 15.0 Å². The first-order valence-corrected chi connectivity index (χ1v) is 7.00. The Hall–Kier alpha value is -1.04. The number of benzene rings is 1. The van der Waals surface area contributed by atoms with Gasteiger partial charge in [0.05, 0.1) is 6.20 Å². The van der Waals surface area contributed by atoms with Gasteiger partial charge in [-0.25, -0.2) is 4.98 Å². The van der Waals surface area contributed by atoms with E-state index in [0.717, 1.165) is 21.6 Å². The van der Waals surface area contributed by atoms with Crippen LogP contribution in [0.4, 0.5) is 0 Å². The summed E-state index contributed by atoms with van der Waals surface area (Å²) in [5.41, 5.74) is 6.90. The molecule has 0 aliphatic rings. The topological polar surface area (TPSA) is 53.1 Å². The van der Waals surface area contributed by atoms with Crippen molar-refractivity contribution in [3.05, 3.63) is 45.4 Å². The van der Waals surface area contributed by atoms with E-state index >= 15 is 0 Å². The highest BCUT2D eigenvalue weighted by molar-refractivity contribution is 9.10. The van der Waals surface area contributed by atoms with Crippen LogP contribution in [0, 0.1) is 0 Å². The Balaban J connectivity index is 2.17. The lowest BCUT2D eigenvalue weighted by atomic mass is 10.1. The number of halogens is 2. The molecule has 0 saturated carbocycles. The lowest BCUT2D eigenvalue weighted by Gasteiger charge is -2.14. The van der Waals surface area contributed by atoms with E-state index in [-0.39, 0.29) is 6.04 Å². The highest BCUT2D eigenvalue weighted by Crippen LogP contribution is 2.28. The molecule has 0 unspecified atom stereocenters. The van der Waals surface area contributed by atoms with E-state index in [9.17, 15) is 0 Å². The van der Waals surface area contributed by atoms with Crippen LogP contribution < -0.4 is 10.5 Å². The van der Waals surface area contributed by atoms with Crippen molar-refractivity contribution in [1.82, 2.24) is 9.55 Å². The molecule has 0 amide bonds. The molecule has 2 rings (SSSR count). The third-order valence-corrected chi connectivity index (χ3v) is 3.69. The normalized spacial score (nSPS) is 12.5. The Kier molecular flexibility index (Phi) is 4.50. The minimum atomic E-state index is -0.0996. The fourth-order valence-electron chi connectivity index (χ4n) is 1.71. The minimum Gasteiger partial charge on any atom is -0.485 e. The summed E-state index contributed by atoms with van der Waals surface area (Å²) in [6.07, 6.45) is 1.61. The summed E-state index contributed by atoms with van der Waals surface area (Å²) < 4.78 is 8.55. The van der Waals surface area contributed by atoms with Gasteiger partial charge in [0.1, 0.15) is 23.3 Å². The van der Waals surface area contributed by atoms with Crippen LogP contribution in [0.1, 0.15) is 24.4 Å². The van der Waals surface area contributed by atoms with E-state index in [2.05, 4.69) is 20.9 Å². The van der Waals surface area contributed by atoms with E-state index in [1.165, 1.54) is 0 Å². The molecule has 0 fully saturated rings. The molecule has 19 heavy (non-hydrogen) atoms. The van der Waals surface area contributed by atoms with Crippen LogP contribution in [0.3, 0.4) is 0 Å². The van der Waals surface area contributed by atoms with Crippen LogP contribution in [0.5, 0.6) is 5.75 Å². The summed E-state index contributed by atoms with van der Waals surface area (Å²) in [7, 11) is 1.85. The van der Waals surface area contributed by atoms with Crippen LogP contribution in [0.15, 0.2) is 28.9 Å². The Morgan fingerprint density at radius 3 is 2.84 bits per heavy atom. The Morgan fingerprint density at radius 2 is 2.26 bits per heavy atom. The summed E-state index contributed by atoms with van der Waals surface area (Å²) in [6.45, 7) is 2.27. The maximum Gasteiger partial charge on any atom is 0.147 e. The van der Waals surface area contributed by atoms with E-state index < -0.39 is 0 Å². The second-order valence-corrected chi connectivity index (χ2v) is 5.62. The zero-order chi connectivity index (χ0) is 14.0. The first-order valence-electron chi connectivity index (χ1n) is 5.83. The van der Waals surface area contributed by atoms with Crippen molar-refractivity contribution in [1.29, 1.82) is 0 Å². The molecule has 102 valence electrons. The second kappa shape index (κ2) is 5.94. The third kappa shape index (κ3) is 3.29. The average Bonchev–Trinajstić information content (AvgIpc) is 2.68. The smallest absolute Gasteiger partial charge is 0.147 e. The standard InChI is InChI=1S/C13H15BrClN3O/c1-8(16)10-5-9(14)3-4-11(10)19-7-13-17-6-12(15)18(13)2/h3-6,8H,7,16H2,1-2H3/t8-/m1/s1. The van der Waals surface area contributed by atoms with E-state index in [0.29, 0.717) is 11.8 Å². The monoisotopic (exact) mass is 343 g/mol. The third-order valence-electron chi connectivity index (χ3n) is 2.85. The average molecular weight is 345 g/mol. The Morgan fingerprint density at radius 1 is 1.53 bits per heavy atom. The minimum absolute atomic E-state index is 0.0996. The summed E-state index contributed by atoms with van der Waals surface area (Å²) in [4.78, 5) is 4.19. The molecule has 0 aliphatic carbocycles. The zero-order valence-electron chi connectivity index (χ0n) is 10.7. The number of hydrogen-bond acceptors (Lipinski definition) is 3. The van der Waals surface area contributed by atoms with Crippen molar-refractivity contribution >= 4 is 27.5 Å². The van der Waals surface area contributed by atoms with Crippen molar-refractivity contribution in [2.75, 3.05) is 0 Å². The second-order valence-electron chi connectivity index (χ2n) is 4.32. The maximum absolute atomic E-state index is 5.94. The fraction of sp³-hybridized carbons (Fsp3) is 0.308. The SMILES string of the molecule is C[C@@H](N)c1cc(Br)ccc1OCc1ncc(Cl)n1C. The lowest BCUT2D eigenvalue weighted by Crippen LogP contribution is -2.09. The quantitative estimate of drug-likeness (QED) is 0.924. The molecule has 0 radical (unpaired) electrons. The Bertz CT molecular complexity index is 583. The van der Waals surface area contributed by atoms with Gasteiger partial charge in [-0.2, -0.15) is 0 Å². The van der Waals surface area contributed by atoms with Crippen molar-refractivity contribution in [3.63, 3.8) is 0 Å². The molecule has 2 aromatic rings. The molecule has 0 saturated heterocycles. The predicted molar refractivity (Wildman–Crippen MR) is 79.3 cm³/mol. The summed E-state index contributed by atoms with van der Waals surface area (Å²) in [5, 5.41) is 0.585. The van der Waals surface area contributed by atoms with E-state index in [4.69, 9.17) is 22.1 Å². The molecular formula is C13H15BrClN3O. The first-order chi connectivity index (χ1) is 8.99. The number of nitrogens with zero attached hydrogens (tertiary/aromatic N) is 2. The molecule has 2 N–H and O–H groups in total. The fourth-order valence-corrected chi connectivity index (χ4v) is 2.23. The van der Waals surface area contributed by atoms with Gasteiger partial charge in [-0.3, -0.25) is 0 Å². The summed E-state index contributed by atoms with van der Waals surface area (Å²) in [6, 6.07) is 5.68. The molecule has 6 heteroatoms. The molecule has 1 aromatic carbocycles. The van der Waals surface area contributed by atoms with Crippen LogP contribution in [0.2, 0.25) is 5.15 Å². The van der Waals surface area contributed by atoms with Gasteiger partial charge >= 0.3 is 0 Å². The van der Waals surface area contributed by atoms with Crippen molar-refractivity contribution in [2.45, 2.75) is 19.6 Å². The number of imidazole rings is 1. The molecule has 4 nitrogen and oxygen atoms in total. The van der Waals surface area contributed by atoms with Crippen molar-refractivity contribution < 1.29 is 4.74 Å².